The molecule has 0 unspecified atom stereocenters. The van der Waals surface area contributed by atoms with E-state index in [9.17, 15) is 9.59 Å². The molecule has 0 aliphatic heterocycles. The highest BCUT2D eigenvalue weighted by molar-refractivity contribution is 5.93. The fourth-order valence-electron chi connectivity index (χ4n) is 3.15. The molecular weight excluding hydrogens is 410 g/mol. The average molecular weight is 431 g/mol. The van der Waals surface area contributed by atoms with Crippen molar-refractivity contribution in [3.8, 4) is 11.5 Å². The van der Waals surface area contributed by atoms with Crippen molar-refractivity contribution in [3.05, 3.63) is 89.1 Å². The van der Waals surface area contributed by atoms with Gasteiger partial charge in [0.05, 0.1) is 17.7 Å². The zero-order chi connectivity index (χ0) is 22.5. The predicted molar refractivity (Wildman–Crippen MR) is 117 cm³/mol. The number of benzene rings is 3. The van der Waals surface area contributed by atoms with Crippen LogP contribution < -0.4 is 9.47 Å². The maximum atomic E-state index is 12.4. The molecule has 0 aliphatic rings. The van der Waals surface area contributed by atoms with Gasteiger partial charge in [0, 0.05) is 11.5 Å². The number of aromatic nitrogens is 1. The summed E-state index contributed by atoms with van der Waals surface area (Å²) in [6.07, 6.45) is 0. The van der Waals surface area contributed by atoms with E-state index >= 15 is 0 Å². The molecule has 3 aromatic carbocycles. The third-order valence-corrected chi connectivity index (χ3v) is 4.83. The topological polar surface area (TPSA) is 87.9 Å². The van der Waals surface area contributed by atoms with E-state index in [0.717, 1.165) is 10.9 Å². The Morgan fingerprint density at radius 1 is 0.938 bits per heavy atom. The smallest absolute Gasteiger partial charge is 0.343 e. The van der Waals surface area contributed by atoms with Crippen LogP contribution in [0.2, 0.25) is 0 Å². The van der Waals surface area contributed by atoms with Gasteiger partial charge >= 0.3 is 11.9 Å². The molecule has 0 N–H and O–H groups in total. The van der Waals surface area contributed by atoms with Crippen molar-refractivity contribution in [2.24, 2.45) is 0 Å². The molecule has 0 saturated carbocycles. The molecule has 0 fully saturated rings. The molecule has 7 heteroatoms. The fourth-order valence-corrected chi connectivity index (χ4v) is 3.15. The molecule has 162 valence electrons. The number of esters is 2. The number of hydrogen-bond donors (Lipinski definition) is 0. The first-order valence-corrected chi connectivity index (χ1v) is 10.1. The minimum absolute atomic E-state index is 0.175. The molecule has 0 radical (unpaired) electrons. The van der Waals surface area contributed by atoms with Gasteiger partial charge in [-0.2, -0.15) is 0 Å². The molecule has 0 amide bonds. The van der Waals surface area contributed by atoms with Gasteiger partial charge in [0.15, 0.2) is 5.58 Å². The Kier molecular flexibility index (Phi) is 6.17. The Labute approximate surface area is 184 Å². The van der Waals surface area contributed by atoms with Crippen molar-refractivity contribution in [3.63, 3.8) is 0 Å². The molecule has 7 nitrogen and oxygen atoms in total. The molecule has 0 aliphatic carbocycles. The van der Waals surface area contributed by atoms with E-state index in [0.29, 0.717) is 40.5 Å². The zero-order valence-electron chi connectivity index (χ0n) is 17.7. The van der Waals surface area contributed by atoms with Crippen LogP contribution in [-0.2, 0) is 11.3 Å². The molecule has 4 rings (SSSR count). The van der Waals surface area contributed by atoms with Gasteiger partial charge in [-0.05, 0) is 61.9 Å². The van der Waals surface area contributed by atoms with Crippen LogP contribution in [0.5, 0.6) is 11.5 Å². The summed E-state index contributed by atoms with van der Waals surface area (Å²) in [5, 5.41) is 4.81. The largest absolute Gasteiger partial charge is 0.487 e. The van der Waals surface area contributed by atoms with Crippen LogP contribution in [0.3, 0.4) is 0 Å². The summed E-state index contributed by atoms with van der Waals surface area (Å²) in [7, 11) is 0. The minimum Gasteiger partial charge on any atom is -0.487 e. The first-order valence-electron chi connectivity index (χ1n) is 10.1. The summed E-state index contributed by atoms with van der Waals surface area (Å²) in [4.78, 5) is 24.1. The minimum atomic E-state index is -0.434. The Balaban J connectivity index is 1.42. The van der Waals surface area contributed by atoms with Crippen molar-refractivity contribution in [1.29, 1.82) is 0 Å². The van der Waals surface area contributed by atoms with Gasteiger partial charge in [0.1, 0.15) is 23.8 Å². The van der Waals surface area contributed by atoms with Crippen LogP contribution in [0, 0.1) is 6.92 Å². The Bertz CT molecular complexity index is 1260. The highest BCUT2D eigenvalue weighted by Gasteiger charge is 2.14. The lowest BCUT2D eigenvalue weighted by molar-refractivity contribution is 0.0526. The van der Waals surface area contributed by atoms with Crippen molar-refractivity contribution >= 4 is 22.9 Å². The number of nitrogens with zero attached hydrogens (tertiary/aromatic N) is 1. The van der Waals surface area contributed by atoms with E-state index in [4.69, 9.17) is 18.7 Å². The first-order chi connectivity index (χ1) is 15.5. The normalized spacial score (nSPS) is 10.7. The second kappa shape index (κ2) is 9.34. The number of ether oxygens (including phenoxy) is 3. The van der Waals surface area contributed by atoms with Crippen LogP contribution in [0.25, 0.3) is 11.0 Å². The number of aryl methyl sites for hydroxylation is 1. The summed E-state index contributed by atoms with van der Waals surface area (Å²) in [5.41, 5.74) is 2.89. The lowest BCUT2D eigenvalue weighted by Gasteiger charge is -2.07. The van der Waals surface area contributed by atoms with Crippen LogP contribution in [0.15, 0.2) is 71.3 Å². The van der Waals surface area contributed by atoms with Crippen molar-refractivity contribution in [1.82, 2.24) is 5.16 Å². The van der Waals surface area contributed by atoms with E-state index in [2.05, 4.69) is 5.16 Å². The number of rotatable bonds is 7. The third kappa shape index (κ3) is 4.62. The van der Waals surface area contributed by atoms with Gasteiger partial charge in [-0.15, -0.1) is 0 Å². The molecule has 1 aromatic heterocycles. The highest BCUT2D eigenvalue weighted by atomic mass is 16.5. The van der Waals surface area contributed by atoms with Crippen molar-refractivity contribution < 1.29 is 28.3 Å². The van der Waals surface area contributed by atoms with Crippen molar-refractivity contribution in [2.45, 2.75) is 20.5 Å². The van der Waals surface area contributed by atoms with Gasteiger partial charge < -0.3 is 18.7 Å². The summed E-state index contributed by atoms with van der Waals surface area (Å²) < 4.78 is 21.6. The molecule has 0 saturated heterocycles. The standard InChI is InChI=1S/C25H21NO6/c1-3-29-24(27)17-8-10-18(11-9-17)30-15-22-21-13-12-19(14-23(21)32-26-22)31-25(28)20-7-5-4-6-16(20)2/h4-14H,3,15H2,1-2H3. The number of carbonyl (C=O) groups is 2. The lowest BCUT2D eigenvalue weighted by Crippen LogP contribution is -2.09. The first kappa shape index (κ1) is 21.1. The summed E-state index contributed by atoms with van der Waals surface area (Å²) in [6, 6.07) is 19.0. The second-order valence-electron chi connectivity index (χ2n) is 7.03. The van der Waals surface area contributed by atoms with Crippen LogP contribution in [0.4, 0.5) is 0 Å². The third-order valence-electron chi connectivity index (χ3n) is 4.83. The van der Waals surface area contributed by atoms with Gasteiger partial charge in [0.2, 0.25) is 0 Å². The van der Waals surface area contributed by atoms with Crippen LogP contribution in [-0.4, -0.2) is 23.7 Å². The second-order valence-corrected chi connectivity index (χ2v) is 7.03. The molecular formula is C25H21NO6. The average Bonchev–Trinajstić information content (AvgIpc) is 3.20. The van der Waals surface area contributed by atoms with Gasteiger partial charge in [-0.1, -0.05) is 23.4 Å². The van der Waals surface area contributed by atoms with Crippen LogP contribution >= 0.6 is 0 Å². The summed E-state index contributed by atoms with van der Waals surface area (Å²) in [6.45, 7) is 4.11. The van der Waals surface area contributed by atoms with E-state index < -0.39 is 5.97 Å². The Morgan fingerprint density at radius 2 is 1.69 bits per heavy atom. The van der Waals surface area contributed by atoms with Crippen LogP contribution in [0.1, 0.15) is 38.9 Å². The van der Waals surface area contributed by atoms with Crippen molar-refractivity contribution in [2.75, 3.05) is 6.61 Å². The fraction of sp³-hybridized carbons (Fsp3) is 0.160. The SMILES string of the molecule is CCOC(=O)c1ccc(OCc2noc3cc(OC(=O)c4ccccc4C)ccc23)cc1. The molecule has 4 aromatic rings. The molecule has 0 atom stereocenters. The molecule has 32 heavy (non-hydrogen) atoms. The Hall–Kier alpha value is -4.13. The van der Waals surface area contributed by atoms with Gasteiger partial charge in [-0.3, -0.25) is 0 Å². The summed E-state index contributed by atoms with van der Waals surface area (Å²) in [5.74, 6) is 0.138. The number of carbonyl (C=O) groups excluding carboxylic acids is 2. The van der Waals surface area contributed by atoms with E-state index in [1.54, 1.807) is 61.5 Å². The number of fused-ring (bicyclic) bond motifs is 1. The van der Waals surface area contributed by atoms with Gasteiger partial charge in [-0.25, -0.2) is 9.59 Å². The maximum absolute atomic E-state index is 12.4. The zero-order valence-corrected chi connectivity index (χ0v) is 17.7. The number of hydrogen-bond acceptors (Lipinski definition) is 7. The molecule has 0 spiro atoms. The van der Waals surface area contributed by atoms with Gasteiger partial charge in [0.25, 0.3) is 0 Å². The molecule has 1 heterocycles. The predicted octanol–water partition coefficient (Wildman–Crippen LogP) is 5.11. The monoisotopic (exact) mass is 431 g/mol. The van der Waals surface area contributed by atoms with E-state index in [1.165, 1.54) is 0 Å². The Morgan fingerprint density at radius 3 is 2.44 bits per heavy atom. The lowest BCUT2D eigenvalue weighted by atomic mass is 10.1. The quantitative estimate of drug-likeness (QED) is 0.297. The maximum Gasteiger partial charge on any atom is 0.343 e. The molecule has 0 bridgehead atoms. The van der Waals surface area contributed by atoms with E-state index in [1.807, 2.05) is 19.1 Å². The van der Waals surface area contributed by atoms with E-state index in [-0.39, 0.29) is 12.6 Å². The summed E-state index contributed by atoms with van der Waals surface area (Å²) >= 11 is 0. The highest BCUT2D eigenvalue weighted by Crippen LogP contribution is 2.26.